The van der Waals surface area contributed by atoms with E-state index in [1.165, 1.54) is 37.5 Å². The molecule has 1 heterocycles. The summed E-state index contributed by atoms with van der Waals surface area (Å²) in [6, 6.07) is 13.6. The third-order valence-electron chi connectivity index (χ3n) is 4.64. The molecule has 1 aliphatic heterocycles. The van der Waals surface area contributed by atoms with E-state index >= 15 is 0 Å². The van der Waals surface area contributed by atoms with Gasteiger partial charge in [-0.1, -0.05) is 30.3 Å². The average molecular weight is 377 g/mol. The smallest absolute Gasteiger partial charge is 0.405 e. The number of anilines is 1. The first-order valence-corrected chi connectivity index (χ1v) is 9.10. The van der Waals surface area contributed by atoms with Crippen LogP contribution in [0, 0.1) is 0 Å². The van der Waals surface area contributed by atoms with Crippen LogP contribution in [0.1, 0.15) is 30.4 Å². The maximum atomic E-state index is 12.5. The summed E-state index contributed by atoms with van der Waals surface area (Å²) in [5, 5.41) is 0. The quantitative estimate of drug-likeness (QED) is 0.715. The van der Waals surface area contributed by atoms with Crippen molar-refractivity contribution in [2.24, 2.45) is 0 Å². The van der Waals surface area contributed by atoms with Gasteiger partial charge in [-0.2, -0.15) is 0 Å². The molecule has 2 aromatic rings. The van der Waals surface area contributed by atoms with E-state index in [1.54, 1.807) is 6.07 Å². The molecule has 3 rings (SSSR count). The molecule has 1 fully saturated rings. The molecule has 0 atom stereocenters. The van der Waals surface area contributed by atoms with Crippen LogP contribution in [0.25, 0.3) is 0 Å². The van der Waals surface area contributed by atoms with Gasteiger partial charge in [0.25, 0.3) is 0 Å². The van der Waals surface area contributed by atoms with Crippen molar-refractivity contribution in [2.75, 3.05) is 18.0 Å². The lowest BCUT2D eigenvalue weighted by molar-refractivity contribution is -0.274. The summed E-state index contributed by atoms with van der Waals surface area (Å²) in [5.74, 6) is -0.474. The molecule has 0 aromatic heterocycles. The van der Waals surface area contributed by atoms with E-state index in [-0.39, 0.29) is 29.9 Å². The molecule has 2 aromatic carbocycles. The highest BCUT2D eigenvalue weighted by Crippen LogP contribution is 2.27. The van der Waals surface area contributed by atoms with Gasteiger partial charge in [-0.25, -0.2) is 0 Å². The number of ketones is 1. The van der Waals surface area contributed by atoms with Crippen LogP contribution in [0.2, 0.25) is 0 Å². The van der Waals surface area contributed by atoms with Gasteiger partial charge in [0.05, 0.1) is 0 Å². The molecule has 0 aliphatic carbocycles. The van der Waals surface area contributed by atoms with E-state index in [2.05, 4.69) is 9.64 Å². The van der Waals surface area contributed by atoms with Gasteiger partial charge < -0.3 is 9.64 Å². The molecule has 0 bridgehead atoms. The monoisotopic (exact) mass is 377 g/mol. The lowest BCUT2D eigenvalue weighted by Gasteiger charge is -2.28. The topological polar surface area (TPSA) is 29.5 Å². The fourth-order valence-corrected chi connectivity index (χ4v) is 3.35. The molecular formula is C21H22F3NO2. The Morgan fingerprint density at radius 2 is 1.59 bits per heavy atom. The van der Waals surface area contributed by atoms with Crippen LogP contribution in [0.4, 0.5) is 18.9 Å². The number of carbonyl (C=O) groups excluding carboxylic acids is 1. The number of carbonyl (C=O) groups is 1. The largest absolute Gasteiger partial charge is 0.573 e. The number of hydrogen-bond donors (Lipinski definition) is 0. The van der Waals surface area contributed by atoms with E-state index in [4.69, 9.17) is 0 Å². The number of rotatable bonds is 6. The zero-order chi connectivity index (χ0) is 19.3. The van der Waals surface area contributed by atoms with Gasteiger partial charge >= 0.3 is 6.36 Å². The first-order valence-electron chi connectivity index (χ1n) is 9.10. The van der Waals surface area contributed by atoms with E-state index in [0.717, 1.165) is 24.3 Å². The first kappa shape index (κ1) is 19.3. The molecule has 1 saturated heterocycles. The van der Waals surface area contributed by atoms with Crippen molar-refractivity contribution in [3.8, 4) is 5.75 Å². The lowest BCUT2D eigenvalue weighted by Crippen LogP contribution is -2.29. The highest BCUT2D eigenvalue weighted by molar-refractivity contribution is 5.83. The second-order valence-electron chi connectivity index (χ2n) is 6.76. The summed E-state index contributed by atoms with van der Waals surface area (Å²) in [6.45, 7) is 2.10. The van der Waals surface area contributed by atoms with Crippen molar-refractivity contribution < 1.29 is 22.7 Å². The molecule has 144 valence electrons. The van der Waals surface area contributed by atoms with Crippen LogP contribution in [-0.2, 0) is 17.6 Å². The molecule has 6 heteroatoms. The highest BCUT2D eigenvalue weighted by Gasteiger charge is 2.32. The van der Waals surface area contributed by atoms with Crippen LogP contribution in [0.15, 0.2) is 48.5 Å². The van der Waals surface area contributed by atoms with Gasteiger partial charge in [0.15, 0.2) is 0 Å². The molecule has 0 unspecified atom stereocenters. The highest BCUT2D eigenvalue weighted by atomic mass is 19.4. The summed E-state index contributed by atoms with van der Waals surface area (Å²) < 4.78 is 41.5. The Balaban J connectivity index is 1.61. The Morgan fingerprint density at radius 1 is 0.926 bits per heavy atom. The van der Waals surface area contributed by atoms with Crippen LogP contribution in [-0.4, -0.2) is 25.2 Å². The SMILES string of the molecule is O=C(Cc1ccc(N2CCCCC2)cc1)Cc1ccccc1OC(F)(F)F. The van der Waals surface area contributed by atoms with Gasteiger partial charge in [0.2, 0.25) is 0 Å². The van der Waals surface area contributed by atoms with Crippen LogP contribution in [0.5, 0.6) is 5.75 Å². The second kappa shape index (κ2) is 8.46. The van der Waals surface area contributed by atoms with Crippen LogP contribution < -0.4 is 9.64 Å². The van der Waals surface area contributed by atoms with Crippen molar-refractivity contribution >= 4 is 11.5 Å². The molecule has 0 amide bonds. The predicted octanol–water partition coefficient (Wildman–Crippen LogP) is 4.93. The summed E-state index contributed by atoms with van der Waals surface area (Å²) in [5.41, 5.74) is 2.24. The summed E-state index contributed by atoms with van der Waals surface area (Å²) in [6.07, 6.45) is -1.04. The van der Waals surface area contributed by atoms with E-state index < -0.39 is 6.36 Å². The minimum Gasteiger partial charge on any atom is -0.405 e. The average Bonchev–Trinajstić information content (AvgIpc) is 2.63. The number of benzene rings is 2. The molecule has 0 N–H and O–H groups in total. The minimum absolute atomic E-state index is 0.0971. The summed E-state index contributed by atoms with van der Waals surface area (Å²) >= 11 is 0. The van der Waals surface area contributed by atoms with Crippen molar-refractivity contribution in [2.45, 2.75) is 38.5 Å². The van der Waals surface area contributed by atoms with E-state index in [9.17, 15) is 18.0 Å². The number of Topliss-reactive ketones (excluding diaryl/α,β-unsaturated/α-hetero) is 1. The van der Waals surface area contributed by atoms with E-state index in [0.29, 0.717) is 0 Å². The Labute approximate surface area is 156 Å². The number of para-hydroxylation sites is 1. The Kier molecular flexibility index (Phi) is 6.04. The van der Waals surface area contributed by atoms with Crippen molar-refractivity contribution in [3.63, 3.8) is 0 Å². The molecule has 0 spiro atoms. The normalized spacial score (nSPS) is 14.9. The predicted molar refractivity (Wildman–Crippen MR) is 98.0 cm³/mol. The zero-order valence-corrected chi connectivity index (χ0v) is 15.0. The fraction of sp³-hybridized carbons (Fsp3) is 0.381. The number of nitrogens with zero attached hydrogens (tertiary/aromatic N) is 1. The Hall–Kier alpha value is -2.50. The zero-order valence-electron chi connectivity index (χ0n) is 15.0. The Bertz CT molecular complexity index is 766. The Morgan fingerprint density at radius 3 is 2.26 bits per heavy atom. The molecule has 1 aliphatic rings. The molecule has 3 nitrogen and oxygen atoms in total. The van der Waals surface area contributed by atoms with Crippen LogP contribution >= 0.6 is 0 Å². The number of hydrogen-bond acceptors (Lipinski definition) is 3. The lowest BCUT2D eigenvalue weighted by atomic mass is 10.0. The number of halogens is 3. The number of alkyl halides is 3. The second-order valence-corrected chi connectivity index (χ2v) is 6.76. The number of ether oxygens (including phenoxy) is 1. The summed E-state index contributed by atoms with van der Waals surface area (Å²) in [7, 11) is 0. The molecule has 0 saturated carbocycles. The first-order chi connectivity index (χ1) is 12.9. The third kappa shape index (κ3) is 5.74. The van der Waals surface area contributed by atoms with Crippen LogP contribution in [0.3, 0.4) is 0 Å². The maximum absolute atomic E-state index is 12.5. The van der Waals surface area contributed by atoms with Gasteiger partial charge in [-0.3, -0.25) is 4.79 Å². The molecule has 27 heavy (non-hydrogen) atoms. The molecular weight excluding hydrogens is 355 g/mol. The van der Waals surface area contributed by atoms with E-state index in [1.807, 2.05) is 24.3 Å². The van der Waals surface area contributed by atoms with Gasteiger partial charge in [0, 0.05) is 37.2 Å². The fourth-order valence-electron chi connectivity index (χ4n) is 3.35. The van der Waals surface area contributed by atoms with Gasteiger partial charge in [-0.05, 0) is 43.0 Å². The standard InChI is InChI=1S/C21H22F3NO2/c22-21(23,24)27-20-7-3-2-6-17(20)15-19(26)14-16-8-10-18(11-9-16)25-12-4-1-5-13-25/h2-3,6-11H,1,4-5,12-15H2. The van der Waals surface area contributed by atoms with Crippen molar-refractivity contribution in [1.29, 1.82) is 0 Å². The van der Waals surface area contributed by atoms with Crippen molar-refractivity contribution in [1.82, 2.24) is 0 Å². The minimum atomic E-state index is -4.77. The summed E-state index contributed by atoms with van der Waals surface area (Å²) in [4.78, 5) is 14.7. The third-order valence-corrected chi connectivity index (χ3v) is 4.64. The van der Waals surface area contributed by atoms with Crippen molar-refractivity contribution in [3.05, 3.63) is 59.7 Å². The number of piperidine rings is 1. The molecule has 0 radical (unpaired) electrons. The van der Waals surface area contributed by atoms with Gasteiger partial charge in [0.1, 0.15) is 11.5 Å². The maximum Gasteiger partial charge on any atom is 0.573 e. The van der Waals surface area contributed by atoms with Gasteiger partial charge in [-0.15, -0.1) is 13.2 Å².